The molecule has 3 aromatic rings. The first-order valence-electron chi connectivity index (χ1n) is 10.7. The van der Waals surface area contributed by atoms with Gasteiger partial charge in [0.25, 0.3) is 0 Å². The Morgan fingerprint density at radius 2 is 1.46 bits per heavy atom. The molecule has 1 unspecified atom stereocenters. The summed E-state index contributed by atoms with van der Waals surface area (Å²) in [6.45, 7) is -0.603. The normalized spacial score (nSPS) is 16.6. The highest BCUT2D eigenvalue weighted by Crippen LogP contribution is 2.31. The van der Waals surface area contributed by atoms with Gasteiger partial charge in [0.05, 0.1) is 2.74 Å². The van der Waals surface area contributed by atoms with Crippen LogP contribution in [0.1, 0.15) is 42.2 Å². The molecule has 120 valence electrons. The first-order chi connectivity index (χ1) is 13.9. The van der Waals surface area contributed by atoms with Crippen LogP contribution in [0.4, 0.5) is 0 Å². The van der Waals surface area contributed by atoms with E-state index >= 15 is 0 Å². The van der Waals surface area contributed by atoms with Crippen LogP contribution >= 0.6 is 0 Å². The minimum absolute atomic E-state index is 0.0648. The van der Waals surface area contributed by atoms with Gasteiger partial charge in [0.2, 0.25) is 0 Å². The summed E-state index contributed by atoms with van der Waals surface area (Å²) >= 11 is 0. The second-order valence-corrected chi connectivity index (χ2v) is 5.70. The van der Waals surface area contributed by atoms with Crippen LogP contribution in [0.15, 0.2) is 97.5 Å². The molecule has 1 atom stereocenters. The molecule has 0 heteroatoms. The van der Waals surface area contributed by atoms with E-state index < -0.39 is 18.8 Å². The summed E-state index contributed by atoms with van der Waals surface area (Å²) in [6.07, 6.45) is -1.51. The highest BCUT2D eigenvalue weighted by Gasteiger charge is 2.14. The third kappa shape index (κ3) is 4.45. The van der Waals surface area contributed by atoms with Gasteiger partial charge in [-0.3, -0.25) is 0 Å². The highest BCUT2D eigenvalue weighted by atomic mass is 14.2. The van der Waals surface area contributed by atoms with Crippen LogP contribution in [-0.2, 0) is 6.42 Å². The van der Waals surface area contributed by atoms with Crippen LogP contribution in [0.3, 0.4) is 0 Å². The van der Waals surface area contributed by atoms with Crippen molar-refractivity contribution >= 4 is 5.57 Å². The summed E-state index contributed by atoms with van der Waals surface area (Å²) in [6, 6.07) is 27.4. The summed E-state index contributed by atoms with van der Waals surface area (Å²) in [5.41, 5.74) is 1.96. The number of allylic oxidation sites excluding steroid dienone is 1. The second kappa shape index (κ2) is 8.31. The average Bonchev–Trinajstić information content (AvgIpc) is 2.73. The highest BCUT2D eigenvalue weighted by molar-refractivity contribution is 5.64. The molecule has 0 saturated heterocycles. The van der Waals surface area contributed by atoms with Crippen molar-refractivity contribution in [2.24, 2.45) is 0 Å². The van der Waals surface area contributed by atoms with Crippen LogP contribution in [0.2, 0.25) is 0 Å². The Bertz CT molecular complexity index is 948. The molecule has 0 fully saturated rings. The summed E-state index contributed by atoms with van der Waals surface area (Å²) < 4.78 is 43.3. The Morgan fingerprint density at radius 1 is 0.875 bits per heavy atom. The standard InChI is InChI=1S/C24H24/c1-20(22-13-7-3-8-14-22)19-24(23-15-9-4-10-16-23)18-17-21-11-5-2-6-12-21/h2-16,24H,1,17-19H2/i1D2,19D2,24D. The maximum absolute atomic E-state index is 9.31. The molecule has 3 rings (SSSR count). The molecule has 0 N–H and O–H groups in total. The van der Waals surface area contributed by atoms with Gasteiger partial charge >= 0.3 is 0 Å². The molecule has 0 spiro atoms. The molecule has 0 aliphatic heterocycles. The van der Waals surface area contributed by atoms with Crippen LogP contribution in [-0.4, -0.2) is 0 Å². The summed E-state index contributed by atoms with van der Waals surface area (Å²) in [5.74, 6) is -1.66. The van der Waals surface area contributed by atoms with Gasteiger partial charge in [0, 0.05) is 4.11 Å². The predicted molar refractivity (Wildman–Crippen MR) is 104 cm³/mol. The van der Waals surface area contributed by atoms with Crippen LogP contribution in [0.5, 0.6) is 0 Å². The predicted octanol–water partition coefficient (Wildman–Crippen LogP) is 6.51. The van der Waals surface area contributed by atoms with Crippen molar-refractivity contribution in [3.8, 4) is 0 Å². The maximum Gasteiger partial charge on any atom is 0.0541 e. The molecule has 0 bridgehead atoms. The molecule has 0 amide bonds. The van der Waals surface area contributed by atoms with Gasteiger partial charge in [0.15, 0.2) is 0 Å². The van der Waals surface area contributed by atoms with E-state index in [1.165, 1.54) is 0 Å². The van der Waals surface area contributed by atoms with Crippen LogP contribution in [0, 0.1) is 0 Å². The van der Waals surface area contributed by atoms with Crippen molar-refractivity contribution in [1.29, 1.82) is 0 Å². The smallest absolute Gasteiger partial charge is 0.0541 e. The fraction of sp³-hybridized carbons (Fsp3) is 0.167. The van der Waals surface area contributed by atoms with Crippen molar-refractivity contribution in [2.75, 3.05) is 0 Å². The number of rotatable bonds is 7. The van der Waals surface area contributed by atoms with E-state index in [4.69, 9.17) is 5.48 Å². The fourth-order valence-corrected chi connectivity index (χ4v) is 2.66. The Balaban J connectivity index is 2.10. The topological polar surface area (TPSA) is 0 Å². The summed E-state index contributed by atoms with van der Waals surface area (Å²) in [5, 5.41) is 0. The molecule has 0 nitrogen and oxygen atoms in total. The summed E-state index contributed by atoms with van der Waals surface area (Å²) in [7, 11) is 0. The maximum atomic E-state index is 9.31. The second-order valence-electron chi connectivity index (χ2n) is 5.70. The van der Waals surface area contributed by atoms with E-state index in [1.807, 2.05) is 42.5 Å². The zero-order valence-electron chi connectivity index (χ0n) is 18.6. The van der Waals surface area contributed by atoms with Gasteiger partial charge < -0.3 is 0 Å². The Kier molecular flexibility index (Phi) is 3.82. The molecule has 0 radical (unpaired) electrons. The molecule has 0 heterocycles. The third-order valence-electron chi connectivity index (χ3n) is 3.97. The minimum atomic E-state index is -2.25. The van der Waals surface area contributed by atoms with E-state index in [9.17, 15) is 1.37 Å². The lowest BCUT2D eigenvalue weighted by Crippen LogP contribution is -2.02. The van der Waals surface area contributed by atoms with Crippen LogP contribution < -0.4 is 0 Å². The van der Waals surface area contributed by atoms with Crippen molar-refractivity contribution < 1.29 is 6.85 Å². The molecular formula is C24H24. The monoisotopic (exact) mass is 317 g/mol. The fourth-order valence-electron chi connectivity index (χ4n) is 2.66. The average molecular weight is 317 g/mol. The van der Waals surface area contributed by atoms with Crippen LogP contribution in [0.25, 0.3) is 5.57 Å². The number of hydrogen-bond acceptors (Lipinski definition) is 0. The van der Waals surface area contributed by atoms with E-state index in [0.29, 0.717) is 17.5 Å². The molecule has 0 aliphatic carbocycles. The largest absolute Gasteiger partial charge is 0.0952 e. The van der Waals surface area contributed by atoms with Gasteiger partial charge in [-0.25, -0.2) is 0 Å². The molecule has 0 aliphatic rings. The molecular weight excluding hydrogens is 288 g/mol. The third-order valence-corrected chi connectivity index (χ3v) is 3.97. The van der Waals surface area contributed by atoms with E-state index in [2.05, 4.69) is 0 Å². The van der Waals surface area contributed by atoms with Crippen molar-refractivity contribution in [3.63, 3.8) is 0 Å². The Morgan fingerprint density at radius 3 is 2.08 bits per heavy atom. The van der Waals surface area contributed by atoms with Gasteiger partial charge in [-0.1, -0.05) is 97.5 Å². The van der Waals surface area contributed by atoms with Gasteiger partial charge in [-0.05, 0) is 47.4 Å². The molecule has 0 saturated carbocycles. The Hall–Kier alpha value is -2.60. The van der Waals surface area contributed by atoms with Gasteiger partial charge in [-0.2, -0.15) is 0 Å². The zero-order valence-corrected chi connectivity index (χ0v) is 13.6. The van der Waals surface area contributed by atoms with Gasteiger partial charge in [-0.15, -0.1) is 0 Å². The van der Waals surface area contributed by atoms with E-state index in [-0.39, 0.29) is 12.0 Å². The van der Waals surface area contributed by atoms with Crippen molar-refractivity contribution in [1.82, 2.24) is 0 Å². The lowest BCUT2D eigenvalue weighted by molar-refractivity contribution is 0.639. The van der Waals surface area contributed by atoms with E-state index in [1.54, 1.807) is 48.5 Å². The molecule has 3 aromatic carbocycles. The molecule has 0 aromatic heterocycles. The quantitative estimate of drug-likeness (QED) is 0.466. The number of benzene rings is 3. The minimum Gasteiger partial charge on any atom is -0.0952 e. The van der Waals surface area contributed by atoms with E-state index in [0.717, 1.165) is 5.56 Å². The number of aryl methyl sites for hydroxylation is 1. The zero-order chi connectivity index (χ0) is 20.9. The van der Waals surface area contributed by atoms with Gasteiger partial charge in [0.1, 0.15) is 0 Å². The molecule has 24 heavy (non-hydrogen) atoms. The SMILES string of the molecule is [2H]C([2H])=C(c1ccccc1)C([2H])([2H])C([2H])(CCc1ccccc1)c1ccccc1. The van der Waals surface area contributed by atoms with Crippen molar-refractivity contribution in [3.05, 3.63) is 114 Å². The number of hydrogen-bond donors (Lipinski definition) is 0. The lowest BCUT2D eigenvalue weighted by Gasteiger charge is -2.19. The summed E-state index contributed by atoms with van der Waals surface area (Å²) in [4.78, 5) is 0. The first-order valence-corrected chi connectivity index (χ1v) is 8.19. The Labute approximate surface area is 152 Å². The van der Waals surface area contributed by atoms with Crippen molar-refractivity contribution in [2.45, 2.75) is 25.1 Å². The first kappa shape index (κ1) is 11.0. The lowest BCUT2D eigenvalue weighted by atomic mass is 9.85.